The summed E-state index contributed by atoms with van der Waals surface area (Å²) in [6, 6.07) is 15.9. The summed E-state index contributed by atoms with van der Waals surface area (Å²) < 4.78 is 13.1. The average Bonchev–Trinajstić information content (AvgIpc) is 3.28. The standard InChI is InChI=1S/C25H27FN4O2S/c1-30(24(31)16-23-25(32)27-20-8-4-5-9-22(20)33-23)14-6-2-3-7-19-15-21(29-28-19)17-10-12-18(26)13-11-17/h4-5,8-13,15,23H,2-3,6-7,14,16H2,1H3,(H,27,32)(H,28,29). The van der Waals surface area contributed by atoms with Gasteiger partial charge in [-0.05, 0) is 61.7 Å². The van der Waals surface area contributed by atoms with Gasteiger partial charge in [-0.25, -0.2) is 4.39 Å². The lowest BCUT2D eigenvalue weighted by Crippen LogP contribution is -2.36. The second kappa shape index (κ2) is 10.7. The molecule has 2 amide bonds. The van der Waals surface area contributed by atoms with E-state index in [1.54, 1.807) is 24.1 Å². The summed E-state index contributed by atoms with van der Waals surface area (Å²) in [7, 11) is 1.80. The molecule has 6 nitrogen and oxygen atoms in total. The summed E-state index contributed by atoms with van der Waals surface area (Å²) in [5.41, 5.74) is 3.54. The summed E-state index contributed by atoms with van der Waals surface area (Å²) in [5, 5.41) is 9.84. The molecule has 2 N–H and O–H groups in total. The molecular weight excluding hydrogens is 439 g/mol. The number of anilines is 1. The van der Waals surface area contributed by atoms with Crippen LogP contribution in [-0.4, -0.2) is 45.8 Å². The third-order valence-corrected chi connectivity index (χ3v) is 6.98. The van der Waals surface area contributed by atoms with Crippen LogP contribution in [0.25, 0.3) is 11.3 Å². The highest BCUT2D eigenvalue weighted by Crippen LogP contribution is 2.36. The molecule has 1 aromatic heterocycles. The molecule has 0 saturated carbocycles. The van der Waals surface area contributed by atoms with E-state index in [0.29, 0.717) is 6.54 Å². The molecule has 0 fully saturated rings. The second-order valence-electron chi connectivity index (χ2n) is 8.21. The number of aromatic amines is 1. The van der Waals surface area contributed by atoms with Crippen molar-refractivity contribution in [1.82, 2.24) is 15.1 Å². The minimum absolute atomic E-state index is 0.0143. The van der Waals surface area contributed by atoms with Crippen LogP contribution in [0.4, 0.5) is 10.1 Å². The quantitative estimate of drug-likeness (QED) is 0.440. The van der Waals surface area contributed by atoms with Gasteiger partial charge in [0.1, 0.15) is 5.82 Å². The first kappa shape index (κ1) is 23.0. The number of fused-ring (bicyclic) bond motifs is 1. The molecule has 2 aromatic carbocycles. The fourth-order valence-corrected chi connectivity index (χ4v) is 4.87. The number of para-hydroxylation sites is 1. The normalized spacial score (nSPS) is 15.1. The maximum absolute atomic E-state index is 13.1. The van der Waals surface area contributed by atoms with Crippen LogP contribution in [0.15, 0.2) is 59.5 Å². The first-order valence-electron chi connectivity index (χ1n) is 11.1. The Labute approximate surface area is 197 Å². The van der Waals surface area contributed by atoms with E-state index >= 15 is 0 Å². The molecular formula is C25H27FN4O2S. The Kier molecular flexibility index (Phi) is 7.44. The van der Waals surface area contributed by atoms with E-state index in [4.69, 9.17) is 0 Å². The van der Waals surface area contributed by atoms with Crippen LogP contribution in [0.2, 0.25) is 0 Å². The largest absolute Gasteiger partial charge is 0.346 e. The van der Waals surface area contributed by atoms with Gasteiger partial charge in [0.2, 0.25) is 11.8 Å². The highest BCUT2D eigenvalue weighted by atomic mass is 32.2. The predicted molar refractivity (Wildman–Crippen MR) is 129 cm³/mol. The maximum Gasteiger partial charge on any atom is 0.238 e. The molecule has 33 heavy (non-hydrogen) atoms. The Morgan fingerprint density at radius 3 is 2.73 bits per heavy atom. The van der Waals surface area contributed by atoms with Crippen molar-refractivity contribution in [3.05, 3.63) is 66.1 Å². The number of amides is 2. The number of unbranched alkanes of at least 4 members (excludes halogenated alkanes) is 2. The highest BCUT2D eigenvalue weighted by molar-refractivity contribution is 8.01. The third kappa shape index (κ3) is 6.01. The van der Waals surface area contributed by atoms with Crippen LogP contribution >= 0.6 is 11.8 Å². The van der Waals surface area contributed by atoms with Gasteiger partial charge in [-0.15, -0.1) is 11.8 Å². The summed E-state index contributed by atoms with van der Waals surface area (Å²) >= 11 is 1.45. The minimum Gasteiger partial charge on any atom is -0.346 e. The number of nitrogens with zero attached hydrogens (tertiary/aromatic N) is 2. The van der Waals surface area contributed by atoms with Crippen LogP contribution in [0.3, 0.4) is 0 Å². The Bertz CT molecular complexity index is 1120. The Hall–Kier alpha value is -3.13. The lowest BCUT2D eigenvalue weighted by Gasteiger charge is -2.25. The molecule has 1 atom stereocenters. The minimum atomic E-state index is -0.398. The molecule has 0 radical (unpaired) electrons. The van der Waals surface area contributed by atoms with Crippen LogP contribution in [-0.2, 0) is 16.0 Å². The fourth-order valence-electron chi connectivity index (χ4n) is 3.77. The smallest absolute Gasteiger partial charge is 0.238 e. The van der Waals surface area contributed by atoms with Crippen molar-refractivity contribution in [2.24, 2.45) is 0 Å². The van der Waals surface area contributed by atoms with E-state index in [1.165, 1.54) is 23.9 Å². The number of nitrogens with one attached hydrogen (secondary N) is 2. The molecule has 1 unspecified atom stereocenters. The van der Waals surface area contributed by atoms with Crippen LogP contribution in [0.5, 0.6) is 0 Å². The van der Waals surface area contributed by atoms with Gasteiger partial charge in [-0.1, -0.05) is 18.6 Å². The van der Waals surface area contributed by atoms with Crippen LogP contribution < -0.4 is 5.32 Å². The highest BCUT2D eigenvalue weighted by Gasteiger charge is 2.29. The van der Waals surface area contributed by atoms with Crippen molar-refractivity contribution < 1.29 is 14.0 Å². The zero-order chi connectivity index (χ0) is 23.2. The number of hydrogen-bond acceptors (Lipinski definition) is 4. The van der Waals surface area contributed by atoms with Gasteiger partial charge in [0.05, 0.1) is 16.6 Å². The molecule has 0 bridgehead atoms. The average molecular weight is 467 g/mol. The van der Waals surface area contributed by atoms with E-state index < -0.39 is 5.25 Å². The number of H-pyrrole nitrogens is 1. The van der Waals surface area contributed by atoms with Gasteiger partial charge < -0.3 is 10.2 Å². The summed E-state index contributed by atoms with van der Waals surface area (Å²) in [4.78, 5) is 27.7. The third-order valence-electron chi connectivity index (χ3n) is 5.70. The number of carbonyl (C=O) groups excluding carboxylic acids is 2. The number of rotatable bonds is 9. The second-order valence-corrected chi connectivity index (χ2v) is 9.45. The Balaban J connectivity index is 1.16. The zero-order valence-corrected chi connectivity index (χ0v) is 19.3. The topological polar surface area (TPSA) is 78.1 Å². The van der Waals surface area contributed by atoms with Crippen LogP contribution in [0.1, 0.15) is 31.4 Å². The SMILES string of the molecule is CN(CCCCCc1cc(-c2ccc(F)cc2)n[nH]1)C(=O)CC1Sc2ccccc2NC1=O. The number of hydrogen-bond donors (Lipinski definition) is 2. The first-order valence-corrected chi connectivity index (χ1v) is 12.0. The van der Waals surface area contributed by atoms with E-state index in [9.17, 15) is 14.0 Å². The molecule has 2 heterocycles. The molecule has 4 rings (SSSR count). The molecule has 172 valence electrons. The molecule has 3 aromatic rings. The van der Waals surface area contributed by atoms with Gasteiger partial charge in [0, 0.05) is 36.2 Å². The van der Waals surface area contributed by atoms with Gasteiger partial charge in [-0.2, -0.15) is 5.10 Å². The molecule has 0 saturated heterocycles. The summed E-state index contributed by atoms with van der Waals surface area (Å²) in [5.74, 6) is -0.386. The number of thioether (sulfide) groups is 1. The molecule has 0 spiro atoms. The Morgan fingerprint density at radius 2 is 1.91 bits per heavy atom. The van der Waals surface area contributed by atoms with E-state index in [0.717, 1.165) is 53.2 Å². The van der Waals surface area contributed by atoms with Crippen molar-refractivity contribution in [3.8, 4) is 11.3 Å². The van der Waals surface area contributed by atoms with Gasteiger partial charge in [0.15, 0.2) is 0 Å². The van der Waals surface area contributed by atoms with Crippen molar-refractivity contribution in [2.75, 3.05) is 18.9 Å². The number of benzene rings is 2. The number of carbonyl (C=O) groups is 2. The first-order chi connectivity index (χ1) is 16.0. The van der Waals surface area contributed by atoms with E-state index in [2.05, 4.69) is 15.5 Å². The van der Waals surface area contributed by atoms with Gasteiger partial charge >= 0.3 is 0 Å². The maximum atomic E-state index is 13.1. The van der Waals surface area contributed by atoms with Crippen LogP contribution in [0, 0.1) is 5.82 Å². The Morgan fingerprint density at radius 1 is 1.12 bits per heavy atom. The van der Waals surface area contributed by atoms with Crippen molar-refractivity contribution >= 4 is 29.3 Å². The van der Waals surface area contributed by atoms with Crippen molar-refractivity contribution in [2.45, 2.75) is 42.2 Å². The molecule has 8 heteroatoms. The van der Waals surface area contributed by atoms with Crippen molar-refractivity contribution in [3.63, 3.8) is 0 Å². The van der Waals surface area contributed by atoms with Crippen molar-refractivity contribution in [1.29, 1.82) is 0 Å². The zero-order valence-electron chi connectivity index (χ0n) is 18.5. The number of halogens is 1. The fraction of sp³-hybridized carbons (Fsp3) is 0.320. The monoisotopic (exact) mass is 466 g/mol. The summed E-state index contributed by atoms with van der Waals surface area (Å²) in [6.07, 6.45) is 3.92. The van der Waals surface area contributed by atoms with E-state index in [-0.39, 0.29) is 24.1 Å². The number of aromatic nitrogens is 2. The predicted octanol–water partition coefficient (Wildman–Crippen LogP) is 4.89. The number of aryl methyl sites for hydroxylation is 1. The van der Waals surface area contributed by atoms with E-state index in [1.807, 2.05) is 30.3 Å². The summed E-state index contributed by atoms with van der Waals surface area (Å²) in [6.45, 7) is 0.665. The lowest BCUT2D eigenvalue weighted by molar-refractivity contribution is -0.131. The molecule has 1 aliphatic heterocycles. The molecule has 0 aliphatic carbocycles. The van der Waals surface area contributed by atoms with Gasteiger partial charge in [-0.3, -0.25) is 14.7 Å². The van der Waals surface area contributed by atoms with Gasteiger partial charge in [0.25, 0.3) is 0 Å². The molecule has 1 aliphatic rings. The lowest BCUT2D eigenvalue weighted by atomic mass is 10.1.